The number of fused-ring (bicyclic) bond motifs is 2. The molecule has 0 saturated carbocycles. The number of carbonyl (C=O) groups is 1. The van der Waals surface area contributed by atoms with Crippen molar-refractivity contribution in [2.45, 2.75) is 51.0 Å². The van der Waals surface area contributed by atoms with Crippen LogP contribution in [-0.2, 0) is 34.5 Å². The zero-order chi connectivity index (χ0) is 19.0. The van der Waals surface area contributed by atoms with Crippen molar-refractivity contribution in [1.82, 2.24) is 5.32 Å². The standard InChI is InChI=1S/C22H26N2O3/c1-14(25)24-22(11-10-16-8-9-19(26-2)13-20(16)22)27-21(23)18-7-6-15-4-3-5-17(15)12-18/h6-9,12-13,21H,3-5,10-11,23H2,1-2H3,(H,24,25)/t21-,22?/m0/s1. The van der Waals surface area contributed by atoms with E-state index in [-0.39, 0.29) is 5.91 Å². The highest BCUT2D eigenvalue weighted by Gasteiger charge is 2.42. The molecule has 0 fully saturated rings. The van der Waals surface area contributed by atoms with E-state index >= 15 is 0 Å². The highest BCUT2D eigenvalue weighted by atomic mass is 16.5. The zero-order valence-electron chi connectivity index (χ0n) is 15.9. The van der Waals surface area contributed by atoms with Crippen molar-refractivity contribution < 1.29 is 14.3 Å². The third-order valence-electron chi connectivity index (χ3n) is 5.66. The van der Waals surface area contributed by atoms with Crippen LogP contribution in [0.1, 0.15) is 53.8 Å². The molecule has 27 heavy (non-hydrogen) atoms. The average molecular weight is 366 g/mol. The number of hydrogen-bond donors (Lipinski definition) is 2. The van der Waals surface area contributed by atoms with Crippen LogP contribution in [0.2, 0.25) is 0 Å². The minimum absolute atomic E-state index is 0.146. The molecule has 142 valence electrons. The third kappa shape index (κ3) is 3.33. The van der Waals surface area contributed by atoms with Crippen molar-refractivity contribution in [3.05, 3.63) is 64.2 Å². The fraction of sp³-hybridized carbons (Fsp3) is 0.409. The second kappa shape index (κ2) is 6.98. The quantitative estimate of drug-likeness (QED) is 0.798. The van der Waals surface area contributed by atoms with E-state index in [9.17, 15) is 4.79 Å². The van der Waals surface area contributed by atoms with Crippen LogP contribution >= 0.6 is 0 Å². The summed E-state index contributed by atoms with van der Waals surface area (Å²) in [4.78, 5) is 12.0. The molecule has 2 aliphatic carbocycles. The fourth-order valence-corrected chi connectivity index (χ4v) is 4.34. The van der Waals surface area contributed by atoms with E-state index in [1.165, 1.54) is 24.5 Å². The van der Waals surface area contributed by atoms with Crippen molar-refractivity contribution >= 4 is 5.91 Å². The van der Waals surface area contributed by atoms with Crippen LogP contribution in [-0.4, -0.2) is 13.0 Å². The third-order valence-corrected chi connectivity index (χ3v) is 5.66. The summed E-state index contributed by atoms with van der Waals surface area (Å²) in [5.41, 5.74) is 11.3. The van der Waals surface area contributed by atoms with Gasteiger partial charge in [0.1, 0.15) is 12.0 Å². The van der Waals surface area contributed by atoms with Crippen LogP contribution in [0.15, 0.2) is 36.4 Å². The maximum atomic E-state index is 12.0. The Morgan fingerprint density at radius 1 is 1.11 bits per heavy atom. The number of nitrogens with two attached hydrogens (primary N) is 1. The van der Waals surface area contributed by atoms with Crippen molar-refractivity contribution in [1.29, 1.82) is 0 Å². The lowest BCUT2D eigenvalue weighted by atomic mass is 10.0. The lowest BCUT2D eigenvalue weighted by Gasteiger charge is -2.34. The molecule has 0 aromatic heterocycles. The van der Waals surface area contributed by atoms with Crippen molar-refractivity contribution in [2.75, 3.05) is 7.11 Å². The van der Waals surface area contributed by atoms with Gasteiger partial charge < -0.3 is 20.5 Å². The monoisotopic (exact) mass is 366 g/mol. The molecule has 3 N–H and O–H groups in total. The molecule has 0 bridgehead atoms. The maximum Gasteiger partial charge on any atom is 0.219 e. The normalized spacial score (nSPS) is 21.4. The maximum absolute atomic E-state index is 12.0. The van der Waals surface area contributed by atoms with Crippen LogP contribution in [0.5, 0.6) is 5.75 Å². The van der Waals surface area contributed by atoms with E-state index in [0.29, 0.717) is 6.42 Å². The first kappa shape index (κ1) is 18.0. The molecule has 5 heteroatoms. The molecule has 1 amide bonds. The summed E-state index contributed by atoms with van der Waals surface area (Å²) in [6.07, 6.45) is 4.25. The van der Waals surface area contributed by atoms with Crippen molar-refractivity contribution in [3.8, 4) is 5.75 Å². The van der Waals surface area contributed by atoms with E-state index in [4.69, 9.17) is 15.2 Å². The molecule has 1 unspecified atom stereocenters. The first-order valence-corrected chi connectivity index (χ1v) is 9.52. The van der Waals surface area contributed by atoms with Crippen molar-refractivity contribution in [3.63, 3.8) is 0 Å². The summed E-state index contributed by atoms with van der Waals surface area (Å²) in [6.45, 7) is 1.50. The predicted octanol–water partition coefficient (Wildman–Crippen LogP) is 3.09. The number of aryl methyl sites for hydroxylation is 3. The lowest BCUT2D eigenvalue weighted by molar-refractivity contribution is -0.146. The van der Waals surface area contributed by atoms with Gasteiger partial charge in [0.25, 0.3) is 0 Å². The Kier molecular flexibility index (Phi) is 4.66. The lowest BCUT2D eigenvalue weighted by Crippen LogP contribution is -2.47. The van der Waals surface area contributed by atoms with Crippen LogP contribution < -0.4 is 15.8 Å². The molecule has 0 heterocycles. The molecule has 2 aliphatic rings. The number of benzene rings is 2. The number of nitrogens with one attached hydrogen (secondary N) is 1. The van der Waals surface area contributed by atoms with Gasteiger partial charge >= 0.3 is 0 Å². The van der Waals surface area contributed by atoms with Gasteiger partial charge in [-0.05, 0) is 60.1 Å². The summed E-state index contributed by atoms with van der Waals surface area (Å²) in [6, 6.07) is 12.2. The molecule has 2 atom stereocenters. The fourth-order valence-electron chi connectivity index (χ4n) is 4.34. The number of carbonyl (C=O) groups excluding carboxylic acids is 1. The van der Waals surface area contributed by atoms with Gasteiger partial charge in [0.15, 0.2) is 5.72 Å². The highest BCUT2D eigenvalue weighted by molar-refractivity contribution is 5.74. The van der Waals surface area contributed by atoms with E-state index in [1.54, 1.807) is 7.11 Å². The van der Waals surface area contributed by atoms with Crippen molar-refractivity contribution in [2.24, 2.45) is 5.73 Å². The van der Waals surface area contributed by atoms with E-state index in [1.807, 2.05) is 24.3 Å². The Morgan fingerprint density at radius 3 is 2.67 bits per heavy atom. The van der Waals surface area contributed by atoms with Gasteiger partial charge in [0.05, 0.1) is 7.11 Å². The molecule has 2 aromatic carbocycles. The van der Waals surface area contributed by atoms with Gasteiger partial charge in [-0.3, -0.25) is 4.79 Å². The van der Waals surface area contributed by atoms with Gasteiger partial charge in [-0.25, -0.2) is 0 Å². The zero-order valence-corrected chi connectivity index (χ0v) is 15.9. The summed E-state index contributed by atoms with van der Waals surface area (Å²) < 4.78 is 11.8. The number of methoxy groups -OCH3 is 1. The first-order chi connectivity index (χ1) is 13.0. The molecule has 0 radical (unpaired) electrons. The largest absolute Gasteiger partial charge is 0.497 e. The summed E-state index contributed by atoms with van der Waals surface area (Å²) in [7, 11) is 1.63. The average Bonchev–Trinajstić information content (AvgIpc) is 3.25. The summed E-state index contributed by atoms with van der Waals surface area (Å²) in [5, 5.41) is 3.02. The summed E-state index contributed by atoms with van der Waals surface area (Å²) >= 11 is 0. The second-order valence-electron chi connectivity index (χ2n) is 7.45. The topological polar surface area (TPSA) is 73.6 Å². The number of hydrogen-bond acceptors (Lipinski definition) is 4. The first-order valence-electron chi connectivity index (χ1n) is 9.52. The van der Waals surface area contributed by atoms with Gasteiger partial charge in [-0.15, -0.1) is 0 Å². The number of amides is 1. The molecular formula is C22H26N2O3. The van der Waals surface area contributed by atoms with Gasteiger partial charge in [0.2, 0.25) is 5.91 Å². The van der Waals surface area contributed by atoms with Crippen LogP contribution in [0.3, 0.4) is 0 Å². The Labute approximate surface area is 159 Å². The predicted molar refractivity (Wildman–Crippen MR) is 103 cm³/mol. The smallest absolute Gasteiger partial charge is 0.219 e. The SMILES string of the molecule is COc1ccc2c(c1)C(NC(C)=O)(O[C@H](N)c1ccc3c(c1)CCC3)CC2. The van der Waals surface area contributed by atoms with E-state index < -0.39 is 12.0 Å². The minimum atomic E-state index is -0.936. The van der Waals surface area contributed by atoms with E-state index in [2.05, 4.69) is 17.4 Å². The van der Waals surface area contributed by atoms with Crippen LogP contribution in [0.25, 0.3) is 0 Å². The second-order valence-corrected chi connectivity index (χ2v) is 7.45. The summed E-state index contributed by atoms with van der Waals surface area (Å²) in [5.74, 6) is 0.590. The Balaban J connectivity index is 1.67. The van der Waals surface area contributed by atoms with Gasteiger partial charge in [-0.2, -0.15) is 0 Å². The Bertz CT molecular complexity index is 880. The number of ether oxygens (including phenoxy) is 2. The Morgan fingerprint density at radius 2 is 1.89 bits per heavy atom. The molecule has 4 rings (SSSR count). The van der Waals surface area contributed by atoms with Gasteiger partial charge in [-0.1, -0.05) is 24.3 Å². The minimum Gasteiger partial charge on any atom is -0.497 e. The van der Waals surface area contributed by atoms with Crippen LogP contribution in [0, 0.1) is 0 Å². The molecular weight excluding hydrogens is 340 g/mol. The van der Waals surface area contributed by atoms with Gasteiger partial charge in [0, 0.05) is 18.9 Å². The molecule has 0 aliphatic heterocycles. The number of rotatable bonds is 5. The molecule has 5 nitrogen and oxygen atoms in total. The van der Waals surface area contributed by atoms with E-state index in [0.717, 1.165) is 41.7 Å². The molecule has 0 spiro atoms. The van der Waals surface area contributed by atoms with Crippen LogP contribution in [0.4, 0.5) is 0 Å². The molecule has 2 aromatic rings. The highest BCUT2D eigenvalue weighted by Crippen LogP contribution is 2.42. The molecule has 0 saturated heterocycles. The Hall–Kier alpha value is -2.37.